The summed E-state index contributed by atoms with van der Waals surface area (Å²) in [5.41, 5.74) is 3.17. The van der Waals surface area contributed by atoms with E-state index in [9.17, 15) is 14.7 Å². The van der Waals surface area contributed by atoms with E-state index in [0.717, 1.165) is 37.2 Å². The van der Waals surface area contributed by atoms with Crippen LogP contribution in [0.3, 0.4) is 0 Å². The average molecular weight is 609 g/mol. The number of hydrogen-bond donors (Lipinski definition) is 2. The minimum Gasteiger partial charge on any atom is -0.511 e. The zero-order chi connectivity index (χ0) is 30.7. The van der Waals surface area contributed by atoms with Crippen LogP contribution in [0.25, 0.3) is 0 Å². The van der Waals surface area contributed by atoms with E-state index in [2.05, 4.69) is 10.3 Å². The normalized spacial score (nSPS) is 20.7. The average Bonchev–Trinajstić information content (AvgIpc) is 3.51. The van der Waals surface area contributed by atoms with Crippen molar-refractivity contribution in [1.29, 1.82) is 0 Å². The summed E-state index contributed by atoms with van der Waals surface area (Å²) in [4.78, 5) is 34.4. The number of benzene rings is 2. The van der Waals surface area contributed by atoms with Gasteiger partial charge in [-0.2, -0.15) is 0 Å². The van der Waals surface area contributed by atoms with E-state index >= 15 is 0 Å². The molecule has 0 aromatic heterocycles. The van der Waals surface area contributed by atoms with Gasteiger partial charge in [0.15, 0.2) is 17.1 Å². The number of oxime groups is 2. The van der Waals surface area contributed by atoms with E-state index in [0.29, 0.717) is 36.5 Å². The first-order valence-corrected chi connectivity index (χ1v) is 14.9. The first-order valence-electron chi connectivity index (χ1n) is 14.5. The molecule has 1 aliphatic carbocycles. The highest BCUT2D eigenvalue weighted by Crippen LogP contribution is 2.41. The van der Waals surface area contributed by atoms with Crippen LogP contribution in [0.15, 0.2) is 93.9 Å². The molecule has 0 spiro atoms. The highest BCUT2D eigenvalue weighted by molar-refractivity contribution is 6.36. The first-order chi connectivity index (χ1) is 20.9. The van der Waals surface area contributed by atoms with Crippen LogP contribution in [0.2, 0.25) is 0 Å². The van der Waals surface area contributed by atoms with E-state index in [1.165, 1.54) is 5.54 Å². The molecule has 5 rings (SSSR count). The van der Waals surface area contributed by atoms with Crippen LogP contribution in [-0.2, 0) is 29.6 Å². The highest BCUT2D eigenvalue weighted by Gasteiger charge is 2.44. The molecule has 43 heavy (non-hydrogen) atoms. The molecule has 228 valence electrons. The maximum atomic E-state index is 12.5. The molecule has 10 heteroatoms. The van der Waals surface area contributed by atoms with Crippen LogP contribution in [0, 0.1) is 11.8 Å². The molecule has 1 atom stereocenters. The summed E-state index contributed by atoms with van der Waals surface area (Å²) in [7, 11) is 0. The Morgan fingerprint density at radius 3 is 2.21 bits per heavy atom. The Balaban J connectivity index is 0.000000198. The lowest BCUT2D eigenvalue weighted by Gasteiger charge is -2.32. The lowest BCUT2D eigenvalue weighted by molar-refractivity contribution is -0.129. The number of ketones is 1. The molecule has 2 aromatic carbocycles. The van der Waals surface area contributed by atoms with Gasteiger partial charge >= 0.3 is 5.97 Å². The second-order valence-electron chi connectivity index (χ2n) is 10.6. The predicted octanol–water partition coefficient (Wildman–Crippen LogP) is 6.53. The van der Waals surface area contributed by atoms with E-state index in [1.54, 1.807) is 6.08 Å². The first kappa shape index (κ1) is 32.0. The molecule has 9 nitrogen and oxygen atoms in total. The van der Waals surface area contributed by atoms with Gasteiger partial charge in [-0.05, 0) is 37.2 Å². The fraction of sp³-hybridized carbons (Fsp3) is 0.394. The van der Waals surface area contributed by atoms with Crippen molar-refractivity contribution in [3.05, 3.63) is 94.7 Å². The topological polar surface area (TPSA) is 127 Å². The number of carboxylic acids is 1. The zero-order valence-electron chi connectivity index (χ0n) is 24.2. The zero-order valence-corrected chi connectivity index (χ0v) is 24.9. The molecule has 1 saturated heterocycles. The van der Waals surface area contributed by atoms with Gasteiger partial charge in [0.1, 0.15) is 12.4 Å². The Labute approximate surface area is 256 Å². The van der Waals surface area contributed by atoms with Gasteiger partial charge in [-0.3, -0.25) is 4.79 Å². The van der Waals surface area contributed by atoms with Gasteiger partial charge in [0.05, 0.1) is 17.7 Å². The molecule has 1 unspecified atom stereocenters. The summed E-state index contributed by atoms with van der Waals surface area (Å²) in [6, 6.07) is 19.1. The number of hydrogen-bond acceptors (Lipinski definition) is 8. The quantitative estimate of drug-likeness (QED) is 0.188. The second kappa shape index (κ2) is 15.5. The molecule has 2 heterocycles. The largest absolute Gasteiger partial charge is 0.511 e. The fourth-order valence-electron chi connectivity index (χ4n) is 5.69. The van der Waals surface area contributed by atoms with Crippen molar-refractivity contribution in [2.75, 3.05) is 19.8 Å². The fourth-order valence-corrected chi connectivity index (χ4v) is 5.77. The van der Waals surface area contributed by atoms with Gasteiger partial charge in [0, 0.05) is 42.7 Å². The summed E-state index contributed by atoms with van der Waals surface area (Å²) in [6.45, 7) is 3.62. The van der Waals surface area contributed by atoms with Crippen molar-refractivity contribution < 1.29 is 34.2 Å². The maximum Gasteiger partial charge on any atom is 0.353 e. The van der Waals surface area contributed by atoms with Crippen molar-refractivity contribution in [2.24, 2.45) is 22.1 Å². The third-order valence-electron chi connectivity index (χ3n) is 7.92. The molecule has 2 N–H and O–H groups in total. The minimum atomic E-state index is -1.04. The van der Waals surface area contributed by atoms with Gasteiger partial charge in [-0.1, -0.05) is 89.5 Å². The molecule has 1 fully saturated rings. The third-order valence-corrected chi connectivity index (χ3v) is 8.09. The molecule has 0 saturated carbocycles. The number of nitrogens with zero attached hydrogens (tertiary/aromatic N) is 2. The van der Waals surface area contributed by atoms with Crippen molar-refractivity contribution in [1.82, 2.24) is 0 Å². The van der Waals surface area contributed by atoms with Crippen molar-refractivity contribution in [2.45, 2.75) is 51.0 Å². The molecular formula is C33H37ClN2O7. The van der Waals surface area contributed by atoms with E-state index < -0.39 is 11.6 Å². The van der Waals surface area contributed by atoms with Crippen LogP contribution < -0.4 is 0 Å². The number of aliphatic hydroxyl groups excluding tert-OH is 1. The standard InChI is InChI=1S/C17H24ClNO4.C16H13NO3/c1-2-14(19-23-7-3-6-18)17-15(20)10-13(11-16(17)21)12-4-8-22-9-5-12;18-15(19)14-11-16(20-17-14,12-7-3-1-4-8-12)13-9-5-2-6-10-13/h3,6,12-13,20H,2,4-5,7-11H2,1H3;1-10H,11H2,(H,18,19)/b6-3+,19-14+;. The predicted molar refractivity (Wildman–Crippen MR) is 164 cm³/mol. The molecule has 0 bridgehead atoms. The number of aliphatic hydroxyl groups is 1. The molecule has 2 aliphatic heterocycles. The second-order valence-corrected chi connectivity index (χ2v) is 10.8. The van der Waals surface area contributed by atoms with Gasteiger partial charge in [0.2, 0.25) is 0 Å². The molecule has 2 aromatic rings. The Bertz CT molecular complexity index is 1330. The van der Waals surface area contributed by atoms with Crippen LogP contribution in [0.4, 0.5) is 0 Å². The summed E-state index contributed by atoms with van der Waals surface area (Å²) >= 11 is 5.41. The van der Waals surface area contributed by atoms with Gasteiger partial charge in [0.25, 0.3) is 0 Å². The van der Waals surface area contributed by atoms with E-state index in [-0.39, 0.29) is 36.2 Å². The number of carbonyl (C=O) groups excluding carboxylic acids is 1. The Morgan fingerprint density at radius 2 is 1.70 bits per heavy atom. The van der Waals surface area contributed by atoms with Crippen molar-refractivity contribution in [3.8, 4) is 0 Å². The SMILES string of the molecule is CC/C(=N\OC/C=C/Cl)C1=C(O)CC(C2CCOCC2)CC1=O.O=C(O)C1=NOC(c2ccccc2)(c2ccccc2)C1. The molecule has 3 aliphatic rings. The van der Waals surface area contributed by atoms with Crippen LogP contribution >= 0.6 is 11.6 Å². The number of halogens is 1. The highest BCUT2D eigenvalue weighted by atomic mass is 35.5. The smallest absolute Gasteiger partial charge is 0.353 e. The van der Waals surface area contributed by atoms with Crippen LogP contribution in [0.1, 0.15) is 56.6 Å². The summed E-state index contributed by atoms with van der Waals surface area (Å²) in [5.74, 6) is -0.284. The number of aliphatic carboxylic acids is 1. The Kier molecular flexibility index (Phi) is 11.5. The third kappa shape index (κ3) is 7.91. The number of ether oxygens (including phenoxy) is 1. The van der Waals surface area contributed by atoms with E-state index in [4.69, 9.17) is 31.1 Å². The van der Waals surface area contributed by atoms with Crippen molar-refractivity contribution >= 4 is 34.8 Å². The molecule has 0 amide bonds. The van der Waals surface area contributed by atoms with Gasteiger partial charge in [-0.25, -0.2) is 4.79 Å². The number of rotatable bonds is 9. The lowest BCUT2D eigenvalue weighted by atomic mass is 9.75. The van der Waals surface area contributed by atoms with E-state index in [1.807, 2.05) is 67.6 Å². The number of carboxylic acid groups (broad SMARTS) is 1. The van der Waals surface area contributed by atoms with Crippen molar-refractivity contribution in [3.63, 3.8) is 0 Å². The Hall–Kier alpha value is -3.95. The minimum absolute atomic E-state index is 0.0395. The van der Waals surface area contributed by atoms with Gasteiger partial charge in [-0.15, -0.1) is 0 Å². The summed E-state index contributed by atoms with van der Waals surface area (Å²) in [6.07, 6.45) is 5.27. The molecule has 0 radical (unpaired) electrons. The number of carbonyl (C=O) groups is 2. The number of Topliss-reactive ketones (excluding diaryl/α,β-unsaturated/α-hetero) is 1. The summed E-state index contributed by atoms with van der Waals surface area (Å²) < 4.78 is 5.38. The maximum absolute atomic E-state index is 12.5. The summed E-state index contributed by atoms with van der Waals surface area (Å²) in [5, 5.41) is 27.3. The number of allylic oxidation sites excluding steroid dienone is 2. The molecular weight excluding hydrogens is 572 g/mol. The Morgan fingerprint density at radius 1 is 1.07 bits per heavy atom. The van der Waals surface area contributed by atoms with Gasteiger partial charge < -0.3 is 24.6 Å². The lowest BCUT2D eigenvalue weighted by Crippen LogP contribution is -2.31. The monoisotopic (exact) mass is 608 g/mol. The van der Waals surface area contributed by atoms with Crippen LogP contribution in [-0.4, -0.2) is 53.2 Å². The van der Waals surface area contributed by atoms with Crippen LogP contribution in [0.5, 0.6) is 0 Å².